The van der Waals surface area contributed by atoms with Crippen LogP contribution in [0, 0.1) is 6.92 Å². The Bertz CT molecular complexity index is 770. The Morgan fingerprint density at radius 2 is 1.57 bits per heavy atom. The number of rotatable bonds is 2. The molecule has 1 aliphatic heterocycles. The van der Waals surface area contributed by atoms with Crippen LogP contribution in [0.4, 0.5) is 0 Å². The number of hydrogen-bond donors (Lipinski definition) is 1. The van der Waals surface area contributed by atoms with E-state index in [-0.39, 0.29) is 4.08 Å². The first kappa shape index (κ1) is 13.4. The molecule has 3 heteroatoms. The van der Waals surface area contributed by atoms with Crippen LogP contribution in [-0.2, 0) is 4.08 Å². The molecule has 21 heavy (non-hydrogen) atoms. The molecule has 0 radical (unpaired) electrons. The van der Waals surface area contributed by atoms with Gasteiger partial charge in [-0.15, -0.1) is 23.5 Å². The summed E-state index contributed by atoms with van der Waals surface area (Å²) in [4.78, 5) is 3.57. The highest BCUT2D eigenvalue weighted by molar-refractivity contribution is 8.20. The van der Waals surface area contributed by atoms with Gasteiger partial charge in [-0.05, 0) is 18.6 Å². The molecule has 106 valence electrons. The van der Waals surface area contributed by atoms with Crippen molar-refractivity contribution in [1.82, 2.24) is 4.98 Å². The molecule has 1 N–H and O–H groups in total. The summed E-state index contributed by atoms with van der Waals surface area (Å²) in [5.41, 5.74) is 5.40. The maximum absolute atomic E-state index is 3.57. The average Bonchev–Trinajstić information content (AvgIpc) is 3.12. The van der Waals surface area contributed by atoms with Gasteiger partial charge in [0.05, 0.1) is 0 Å². The number of aromatic amines is 1. The van der Waals surface area contributed by atoms with E-state index in [1.54, 1.807) is 0 Å². The summed E-state index contributed by atoms with van der Waals surface area (Å²) in [6.07, 6.45) is 0. The Balaban J connectivity index is 2.01. The van der Waals surface area contributed by atoms with Crippen molar-refractivity contribution < 1.29 is 0 Å². The lowest BCUT2D eigenvalue weighted by Gasteiger charge is -2.29. The number of fused-ring (bicyclic) bond motifs is 1. The van der Waals surface area contributed by atoms with Crippen LogP contribution in [0.3, 0.4) is 0 Å². The normalized spacial score (nSPS) is 17.4. The molecular weight excluding hydrogens is 294 g/mol. The van der Waals surface area contributed by atoms with E-state index in [1.165, 1.54) is 39.2 Å². The molecule has 1 saturated heterocycles. The molecule has 0 unspecified atom stereocenters. The minimum atomic E-state index is 0.0327. The zero-order chi connectivity index (χ0) is 14.3. The summed E-state index contributed by atoms with van der Waals surface area (Å²) < 4.78 is 0.0327. The topological polar surface area (TPSA) is 15.8 Å². The first-order valence-electron chi connectivity index (χ1n) is 7.22. The first-order chi connectivity index (χ1) is 10.3. The summed E-state index contributed by atoms with van der Waals surface area (Å²) in [5.74, 6) is 2.41. The Morgan fingerprint density at radius 1 is 0.905 bits per heavy atom. The number of hydrogen-bond acceptors (Lipinski definition) is 2. The van der Waals surface area contributed by atoms with E-state index in [1.807, 2.05) is 0 Å². The highest BCUT2D eigenvalue weighted by atomic mass is 32.2. The standard InChI is InChI=1S/C18H17NS2/c1-13-17(15-9-5-6-10-16(15)19-13)18(20-11-12-21-18)14-7-3-2-4-8-14/h2-10,19H,11-12H2,1H3. The fraction of sp³-hybridized carbons (Fsp3) is 0.222. The van der Waals surface area contributed by atoms with Crippen molar-refractivity contribution in [3.05, 3.63) is 71.4 Å². The maximum Gasteiger partial charge on any atom is 0.114 e. The zero-order valence-electron chi connectivity index (χ0n) is 11.9. The fourth-order valence-electron chi connectivity index (χ4n) is 3.23. The van der Waals surface area contributed by atoms with Gasteiger partial charge in [0.1, 0.15) is 4.08 Å². The Labute approximate surface area is 133 Å². The van der Waals surface area contributed by atoms with E-state index >= 15 is 0 Å². The van der Waals surface area contributed by atoms with Crippen LogP contribution in [0.1, 0.15) is 16.8 Å². The predicted octanol–water partition coefficient (Wildman–Crippen LogP) is 5.16. The van der Waals surface area contributed by atoms with E-state index in [0.717, 1.165) is 0 Å². The second-order valence-corrected chi connectivity index (χ2v) is 8.23. The number of H-pyrrole nitrogens is 1. The average molecular weight is 311 g/mol. The third-order valence-corrected chi connectivity index (χ3v) is 7.55. The molecule has 1 fully saturated rings. The lowest BCUT2D eigenvalue weighted by atomic mass is 10.0. The lowest BCUT2D eigenvalue weighted by molar-refractivity contribution is 1.06. The molecule has 4 rings (SSSR count). The number of thioether (sulfide) groups is 2. The van der Waals surface area contributed by atoms with E-state index in [2.05, 4.69) is 90.0 Å². The van der Waals surface area contributed by atoms with Crippen molar-refractivity contribution in [2.45, 2.75) is 11.0 Å². The van der Waals surface area contributed by atoms with Crippen molar-refractivity contribution in [2.24, 2.45) is 0 Å². The van der Waals surface area contributed by atoms with Crippen molar-refractivity contribution in [1.29, 1.82) is 0 Å². The lowest BCUT2D eigenvalue weighted by Crippen LogP contribution is -2.17. The highest BCUT2D eigenvalue weighted by Gasteiger charge is 2.42. The van der Waals surface area contributed by atoms with E-state index in [4.69, 9.17) is 0 Å². The summed E-state index contributed by atoms with van der Waals surface area (Å²) in [5, 5.41) is 1.36. The molecule has 3 aromatic rings. The van der Waals surface area contributed by atoms with Crippen molar-refractivity contribution >= 4 is 34.4 Å². The number of aryl methyl sites for hydroxylation is 1. The van der Waals surface area contributed by atoms with Gasteiger partial charge >= 0.3 is 0 Å². The minimum absolute atomic E-state index is 0.0327. The van der Waals surface area contributed by atoms with E-state index in [9.17, 15) is 0 Å². The third kappa shape index (κ3) is 2.02. The van der Waals surface area contributed by atoms with Gasteiger partial charge in [-0.3, -0.25) is 0 Å². The molecule has 2 heterocycles. The number of benzene rings is 2. The molecule has 0 amide bonds. The fourth-order valence-corrected chi connectivity index (χ4v) is 6.72. The summed E-state index contributed by atoms with van der Waals surface area (Å²) >= 11 is 4.15. The van der Waals surface area contributed by atoms with Crippen LogP contribution in [0.2, 0.25) is 0 Å². The van der Waals surface area contributed by atoms with Gasteiger partial charge < -0.3 is 4.98 Å². The largest absolute Gasteiger partial charge is 0.358 e. The van der Waals surface area contributed by atoms with Gasteiger partial charge in [-0.2, -0.15) is 0 Å². The van der Waals surface area contributed by atoms with Gasteiger partial charge in [-0.1, -0.05) is 48.5 Å². The van der Waals surface area contributed by atoms with Gasteiger partial charge in [-0.25, -0.2) is 0 Å². The molecule has 1 aliphatic rings. The third-order valence-electron chi connectivity index (χ3n) is 4.07. The zero-order valence-corrected chi connectivity index (χ0v) is 13.6. The molecular formula is C18H17NS2. The molecule has 2 aromatic carbocycles. The van der Waals surface area contributed by atoms with E-state index < -0.39 is 0 Å². The second kappa shape index (κ2) is 5.15. The molecule has 1 aromatic heterocycles. The van der Waals surface area contributed by atoms with Crippen LogP contribution in [0.15, 0.2) is 54.6 Å². The number of aromatic nitrogens is 1. The van der Waals surface area contributed by atoms with Crippen molar-refractivity contribution in [2.75, 3.05) is 11.5 Å². The van der Waals surface area contributed by atoms with Crippen LogP contribution < -0.4 is 0 Å². The molecule has 0 aliphatic carbocycles. The quantitative estimate of drug-likeness (QED) is 0.703. The molecule has 0 saturated carbocycles. The number of para-hydroxylation sites is 1. The monoisotopic (exact) mass is 311 g/mol. The summed E-state index contributed by atoms with van der Waals surface area (Å²) in [6.45, 7) is 2.21. The minimum Gasteiger partial charge on any atom is -0.358 e. The van der Waals surface area contributed by atoms with E-state index in [0.29, 0.717) is 0 Å². The highest BCUT2D eigenvalue weighted by Crippen LogP contribution is 2.58. The Morgan fingerprint density at radius 3 is 2.33 bits per heavy atom. The summed E-state index contributed by atoms with van der Waals surface area (Å²) in [7, 11) is 0. The smallest absolute Gasteiger partial charge is 0.114 e. The second-order valence-electron chi connectivity index (χ2n) is 5.35. The SMILES string of the molecule is Cc1[nH]c2ccccc2c1C1(c2ccccc2)SCCS1. The van der Waals surface area contributed by atoms with Gasteiger partial charge in [0, 0.05) is 33.7 Å². The first-order valence-corrected chi connectivity index (χ1v) is 9.19. The Kier molecular flexibility index (Phi) is 3.27. The Hall–Kier alpha value is -1.32. The maximum atomic E-state index is 3.57. The van der Waals surface area contributed by atoms with Crippen LogP contribution in [0.25, 0.3) is 10.9 Å². The van der Waals surface area contributed by atoms with Gasteiger partial charge in [0.25, 0.3) is 0 Å². The molecule has 0 atom stereocenters. The van der Waals surface area contributed by atoms with Crippen molar-refractivity contribution in [3.63, 3.8) is 0 Å². The van der Waals surface area contributed by atoms with Crippen LogP contribution in [0.5, 0.6) is 0 Å². The van der Waals surface area contributed by atoms with Gasteiger partial charge in [0.15, 0.2) is 0 Å². The predicted molar refractivity (Wildman–Crippen MR) is 95.2 cm³/mol. The summed E-state index contributed by atoms with van der Waals surface area (Å²) in [6, 6.07) is 19.6. The van der Waals surface area contributed by atoms with Crippen LogP contribution in [-0.4, -0.2) is 16.5 Å². The molecule has 0 bridgehead atoms. The molecule has 1 nitrogen and oxygen atoms in total. The number of nitrogens with one attached hydrogen (secondary N) is 1. The van der Waals surface area contributed by atoms with Crippen molar-refractivity contribution in [3.8, 4) is 0 Å². The molecule has 0 spiro atoms. The van der Waals surface area contributed by atoms with Gasteiger partial charge in [0.2, 0.25) is 0 Å². The van der Waals surface area contributed by atoms with Crippen LogP contribution >= 0.6 is 23.5 Å².